The van der Waals surface area contributed by atoms with E-state index >= 15 is 0 Å². The van der Waals surface area contributed by atoms with Gasteiger partial charge in [0.2, 0.25) is 11.8 Å². The molecule has 0 aromatic carbocycles. The first-order valence-electron chi connectivity index (χ1n) is 6.05. The van der Waals surface area contributed by atoms with Crippen molar-refractivity contribution in [3.05, 3.63) is 0 Å². The number of hydrogen-bond acceptors (Lipinski definition) is 3. The van der Waals surface area contributed by atoms with Crippen LogP contribution in [-0.2, 0) is 9.59 Å². The fourth-order valence-corrected chi connectivity index (χ4v) is 1.17. The highest BCUT2D eigenvalue weighted by Crippen LogP contribution is 1.90. The van der Waals surface area contributed by atoms with Crippen molar-refractivity contribution in [2.24, 2.45) is 5.92 Å². The molecule has 0 saturated heterocycles. The molecule has 0 saturated carbocycles. The molecular formula is C12H25N3O2. The summed E-state index contributed by atoms with van der Waals surface area (Å²) >= 11 is 0. The van der Waals surface area contributed by atoms with Crippen LogP contribution in [-0.4, -0.2) is 49.9 Å². The molecule has 0 fully saturated rings. The smallest absolute Gasteiger partial charge is 0.236 e. The zero-order valence-electron chi connectivity index (χ0n) is 11.5. The molecule has 2 N–H and O–H groups in total. The van der Waals surface area contributed by atoms with Gasteiger partial charge in [0, 0.05) is 33.6 Å². The van der Waals surface area contributed by atoms with Crippen LogP contribution in [0, 0.1) is 5.92 Å². The lowest BCUT2D eigenvalue weighted by atomic mass is 10.2. The molecule has 0 aromatic heterocycles. The third-order valence-electron chi connectivity index (χ3n) is 2.37. The number of nitrogens with one attached hydrogen (secondary N) is 2. The summed E-state index contributed by atoms with van der Waals surface area (Å²) < 4.78 is 0. The van der Waals surface area contributed by atoms with Crippen molar-refractivity contribution in [3.63, 3.8) is 0 Å². The number of nitrogens with zero attached hydrogens (tertiary/aromatic N) is 1. The van der Waals surface area contributed by atoms with Crippen LogP contribution in [0.4, 0.5) is 0 Å². The van der Waals surface area contributed by atoms with Gasteiger partial charge in [0.15, 0.2) is 0 Å². The molecule has 0 bridgehead atoms. The minimum atomic E-state index is -0.260. The van der Waals surface area contributed by atoms with Crippen molar-refractivity contribution in [2.45, 2.75) is 33.2 Å². The summed E-state index contributed by atoms with van der Waals surface area (Å²) in [6.07, 6.45) is 0.412. The Balaban J connectivity index is 3.74. The largest absolute Gasteiger partial charge is 0.354 e. The Bertz CT molecular complexity index is 252. The van der Waals surface area contributed by atoms with Crippen LogP contribution < -0.4 is 10.6 Å². The Morgan fingerprint density at radius 1 is 1.18 bits per heavy atom. The first-order valence-corrected chi connectivity index (χ1v) is 6.05. The molecule has 0 rings (SSSR count). The van der Waals surface area contributed by atoms with Crippen molar-refractivity contribution in [1.82, 2.24) is 15.5 Å². The van der Waals surface area contributed by atoms with Crippen molar-refractivity contribution < 1.29 is 9.59 Å². The molecule has 0 aliphatic rings. The number of carbonyl (C=O) groups is 2. The molecule has 5 nitrogen and oxygen atoms in total. The summed E-state index contributed by atoms with van der Waals surface area (Å²) in [5.74, 6) is 0.491. The predicted octanol–water partition coefficient (Wildman–Crippen LogP) is 0.215. The zero-order chi connectivity index (χ0) is 13.4. The van der Waals surface area contributed by atoms with Gasteiger partial charge in [-0.1, -0.05) is 13.8 Å². The Labute approximate surface area is 104 Å². The summed E-state index contributed by atoms with van der Waals surface area (Å²) in [5, 5.41) is 5.88. The monoisotopic (exact) mass is 243 g/mol. The summed E-state index contributed by atoms with van der Waals surface area (Å²) in [4.78, 5) is 24.4. The maximum Gasteiger partial charge on any atom is 0.236 e. The molecule has 1 atom stereocenters. The van der Waals surface area contributed by atoms with E-state index in [9.17, 15) is 9.59 Å². The van der Waals surface area contributed by atoms with Gasteiger partial charge in [0.1, 0.15) is 0 Å². The fourth-order valence-electron chi connectivity index (χ4n) is 1.17. The zero-order valence-corrected chi connectivity index (χ0v) is 11.5. The lowest BCUT2D eigenvalue weighted by Gasteiger charge is -2.16. The van der Waals surface area contributed by atoms with E-state index in [1.807, 2.05) is 13.8 Å². The maximum atomic E-state index is 11.6. The van der Waals surface area contributed by atoms with Gasteiger partial charge in [-0.25, -0.2) is 0 Å². The van der Waals surface area contributed by atoms with Crippen LogP contribution in [0.1, 0.15) is 27.2 Å². The molecule has 0 radical (unpaired) electrons. The van der Waals surface area contributed by atoms with Crippen molar-refractivity contribution in [1.29, 1.82) is 0 Å². The van der Waals surface area contributed by atoms with Crippen molar-refractivity contribution in [3.8, 4) is 0 Å². The van der Waals surface area contributed by atoms with Crippen LogP contribution in [0.3, 0.4) is 0 Å². The van der Waals surface area contributed by atoms with E-state index in [0.29, 0.717) is 25.4 Å². The third-order valence-corrected chi connectivity index (χ3v) is 2.37. The standard InChI is InChI=1S/C12H25N3O2/c1-9(2)8-14-12(17)10(3)13-7-6-11(16)15(4)5/h9-10,13H,6-8H2,1-5H3,(H,14,17). The summed E-state index contributed by atoms with van der Waals surface area (Å²) in [7, 11) is 3.45. The molecule has 0 heterocycles. The highest BCUT2D eigenvalue weighted by molar-refractivity contribution is 5.81. The minimum Gasteiger partial charge on any atom is -0.354 e. The lowest BCUT2D eigenvalue weighted by Crippen LogP contribution is -2.44. The predicted molar refractivity (Wildman–Crippen MR) is 68.6 cm³/mol. The van der Waals surface area contributed by atoms with Crippen molar-refractivity contribution >= 4 is 11.8 Å². The highest BCUT2D eigenvalue weighted by atomic mass is 16.2. The van der Waals surface area contributed by atoms with Crippen LogP contribution in [0.2, 0.25) is 0 Å². The second-order valence-corrected chi connectivity index (χ2v) is 4.85. The van der Waals surface area contributed by atoms with Gasteiger partial charge in [-0.3, -0.25) is 9.59 Å². The van der Waals surface area contributed by atoms with Gasteiger partial charge in [-0.2, -0.15) is 0 Å². The Hall–Kier alpha value is -1.10. The summed E-state index contributed by atoms with van der Waals surface area (Å²) in [6, 6.07) is -0.260. The van der Waals surface area contributed by atoms with Gasteiger partial charge in [-0.05, 0) is 12.8 Å². The van der Waals surface area contributed by atoms with Crippen molar-refractivity contribution in [2.75, 3.05) is 27.2 Å². The first-order chi connectivity index (χ1) is 7.84. The molecule has 0 aliphatic heterocycles. The minimum absolute atomic E-state index is 0.0176. The number of carbonyl (C=O) groups excluding carboxylic acids is 2. The first kappa shape index (κ1) is 15.9. The van der Waals surface area contributed by atoms with Crippen LogP contribution in [0.25, 0.3) is 0 Å². The highest BCUT2D eigenvalue weighted by Gasteiger charge is 2.12. The van der Waals surface area contributed by atoms with Crippen LogP contribution in [0.5, 0.6) is 0 Å². The maximum absolute atomic E-state index is 11.6. The summed E-state index contributed by atoms with van der Waals surface area (Å²) in [6.45, 7) is 7.10. The lowest BCUT2D eigenvalue weighted by molar-refractivity contribution is -0.129. The normalized spacial score (nSPS) is 12.4. The molecule has 0 aromatic rings. The van der Waals surface area contributed by atoms with Gasteiger partial charge in [-0.15, -0.1) is 0 Å². The summed E-state index contributed by atoms with van der Waals surface area (Å²) in [5.41, 5.74) is 0. The van der Waals surface area contributed by atoms with Crippen LogP contribution >= 0.6 is 0 Å². The van der Waals surface area contributed by atoms with Gasteiger partial charge in [0.25, 0.3) is 0 Å². The molecule has 0 spiro atoms. The molecule has 0 aliphatic carbocycles. The number of amides is 2. The molecule has 1 unspecified atom stereocenters. The Morgan fingerprint density at radius 2 is 1.76 bits per heavy atom. The molecule has 100 valence electrons. The van der Waals surface area contributed by atoms with Crippen LogP contribution in [0.15, 0.2) is 0 Å². The van der Waals surface area contributed by atoms with E-state index in [0.717, 1.165) is 0 Å². The Morgan fingerprint density at radius 3 is 2.24 bits per heavy atom. The van der Waals surface area contributed by atoms with Gasteiger partial charge >= 0.3 is 0 Å². The second kappa shape index (κ2) is 8.06. The average Bonchev–Trinajstić information content (AvgIpc) is 2.25. The topological polar surface area (TPSA) is 61.4 Å². The van der Waals surface area contributed by atoms with E-state index in [1.54, 1.807) is 25.9 Å². The number of hydrogen-bond donors (Lipinski definition) is 2. The molecule has 2 amide bonds. The molecule has 5 heteroatoms. The SMILES string of the molecule is CC(C)CNC(=O)C(C)NCCC(=O)N(C)C. The second-order valence-electron chi connectivity index (χ2n) is 4.85. The van der Waals surface area contributed by atoms with E-state index in [-0.39, 0.29) is 17.9 Å². The average molecular weight is 243 g/mol. The van der Waals surface area contributed by atoms with Gasteiger partial charge in [0.05, 0.1) is 6.04 Å². The van der Waals surface area contributed by atoms with Gasteiger partial charge < -0.3 is 15.5 Å². The quantitative estimate of drug-likeness (QED) is 0.672. The van der Waals surface area contributed by atoms with E-state index in [2.05, 4.69) is 10.6 Å². The van der Waals surface area contributed by atoms with E-state index in [4.69, 9.17) is 0 Å². The fraction of sp³-hybridized carbons (Fsp3) is 0.833. The number of rotatable bonds is 7. The molecular weight excluding hydrogens is 218 g/mol. The molecule has 17 heavy (non-hydrogen) atoms. The third kappa shape index (κ3) is 7.74. The van der Waals surface area contributed by atoms with E-state index in [1.165, 1.54) is 0 Å². The van der Waals surface area contributed by atoms with E-state index < -0.39 is 0 Å². The Kier molecular flexibility index (Phi) is 7.54.